The third-order valence-electron chi connectivity index (χ3n) is 1.85. The van der Waals surface area contributed by atoms with Crippen molar-refractivity contribution in [1.29, 1.82) is 0 Å². The summed E-state index contributed by atoms with van der Waals surface area (Å²) in [5.41, 5.74) is 0.853. The normalized spacial score (nSPS) is 10.3. The molecule has 0 saturated carbocycles. The van der Waals surface area contributed by atoms with E-state index in [-0.39, 0.29) is 13.2 Å². The molecular formula is C12H13NO3. The van der Waals surface area contributed by atoms with Gasteiger partial charge >= 0.3 is 0 Å². The van der Waals surface area contributed by atoms with Crippen LogP contribution in [-0.2, 0) is 9.59 Å². The van der Waals surface area contributed by atoms with Crippen LogP contribution in [0.2, 0.25) is 0 Å². The zero-order valence-corrected chi connectivity index (χ0v) is 8.72. The number of hydrogen-bond acceptors (Lipinski definition) is 3. The van der Waals surface area contributed by atoms with Gasteiger partial charge < -0.3 is 10.4 Å². The Morgan fingerprint density at radius 2 is 1.94 bits per heavy atom. The third kappa shape index (κ3) is 4.06. The summed E-state index contributed by atoms with van der Waals surface area (Å²) in [7, 11) is 0. The Morgan fingerprint density at radius 1 is 1.25 bits per heavy atom. The maximum absolute atomic E-state index is 11.2. The van der Waals surface area contributed by atoms with Gasteiger partial charge in [0.1, 0.15) is 0 Å². The molecular weight excluding hydrogens is 206 g/mol. The molecule has 16 heavy (non-hydrogen) atoms. The third-order valence-corrected chi connectivity index (χ3v) is 1.85. The van der Waals surface area contributed by atoms with E-state index in [4.69, 9.17) is 5.11 Å². The van der Waals surface area contributed by atoms with Crippen molar-refractivity contribution >= 4 is 17.8 Å². The van der Waals surface area contributed by atoms with E-state index < -0.39 is 11.7 Å². The van der Waals surface area contributed by atoms with Gasteiger partial charge in [0.05, 0.1) is 6.61 Å². The predicted octanol–water partition coefficient (Wildman–Crippen LogP) is 0.377. The topological polar surface area (TPSA) is 66.4 Å². The first-order valence-corrected chi connectivity index (χ1v) is 4.90. The fraction of sp³-hybridized carbons (Fsp3) is 0.167. The minimum Gasteiger partial charge on any atom is -0.395 e. The van der Waals surface area contributed by atoms with Gasteiger partial charge in [-0.15, -0.1) is 0 Å². The number of rotatable bonds is 5. The zero-order valence-electron chi connectivity index (χ0n) is 8.72. The number of nitrogens with one attached hydrogen (secondary N) is 1. The van der Waals surface area contributed by atoms with Crippen molar-refractivity contribution in [3.8, 4) is 0 Å². The Morgan fingerprint density at radius 3 is 2.56 bits per heavy atom. The largest absolute Gasteiger partial charge is 0.395 e. The van der Waals surface area contributed by atoms with E-state index in [0.717, 1.165) is 5.56 Å². The number of aliphatic hydroxyl groups is 1. The Labute approximate surface area is 93.6 Å². The molecule has 4 heteroatoms. The first kappa shape index (κ1) is 12.1. The summed E-state index contributed by atoms with van der Waals surface area (Å²) in [5.74, 6) is -1.33. The molecule has 0 atom stereocenters. The lowest BCUT2D eigenvalue weighted by Gasteiger charge is -1.98. The molecule has 0 aliphatic carbocycles. The first-order valence-electron chi connectivity index (χ1n) is 4.90. The monoisotopic (exact) mass is 219 g/mol. The molecule has 0 bridgehead atoms. The Balaban J connectivity index is 2.51. The van der Waals surface area contributed by atoms with Gasteiger partial charge in [0.25, 0.3) is 5.91 Å². The van der Waals surface area contributed by atoms with E-state index in [1.54, 1.807) is 6.08 Å². The van der Waals surface area contributed by atoms with Gasteiger partial charge in [-0.2, -0.15) is 0 Å². The van der Waals surface area contributed by atoms with Crippen LogP contribution < -0.4 is 5.32 Å². The SMILES string of the molecule is O=C(/C=C/c1ccccc1)C(=O)NCCO. The van der Waals surface area contributed by atoms with E-state index in [1.807, 2.05) is 30.3 Å². The Bertz CT molecular complexity index is 385. The molecule has 1 rings (SSSR count). The minimum atomic E-state index is -0.707. The lowest BCUT2D eigenvalue weighted by atomic mass is 10.2. The van der Waals surface area contributed by atoms with E-state index in [1.165, 1.54) is 6.08 Å². The van der Waals surface area contributed by atoms with Crippen LogP contribution in [0, 0.1) is 0 Å². The highest BCUT2D eigenvalue weighted by Gasteiger charge is 2.07. The number of aliphatic hydroxyl groups excluding tert-OH is 1. The number of amides is 1. The molecule has 0 saturated heterocycles. The number of hydrogen-bond donors (Lipinski definition) is 2. The molecule has 4 nitrogen and oxygen atoms in total. The van der Waals surface area contributed by atoms with Crippen molar-refractivity contribution in [3.63, 3.8) is 0 Å². The molecule has 1 amide bonds. The second-order valence-corrected chi connectivity index (χ2v) is 3.09. The van der Waals surface area contributed by atoms with Crippen molar-refractivity contribution < 1.29 is 14.7 Å². The number of carbonyl (C=O) groups excluding carboxylic acids is 2. The summed E-state index contributed by atoms with van der Waals surface area (Å²) in [5, 5.41) is 10.7. The highest BCUT2D eigenvalue weighted by molar-refractivity contribution is 6.41. The van der Waals surface area contributed by atoms with Crippen LogP contribution in [0.25, 0.3) is 6.08 Å². The van der Waals surface area contributed by atoms with Crippen LogP contribution in [0.15, 0.2) is 36.4 Å². The van der Waals surface area contributed by atoms with E-state index in [9.17, 15) is 9.59 Å². The van der Waals surface area contributed by atoms with Crippen LogP contribution >= 0.6 is 0 Å². The second kappa shape index (κ2) is 6.53. The molecule has 0 aliphatic rings. The van der Waals surface area contributed by atoms with Gasteiger partial charge in [-0.3, -0.25) is 9.59 Å². The molecule has 84 valence electrons. The van der Waals surface area contributed by atoms with Crippen LogP contribution in [0.4, 0.5) is 0 Å². The number of benzene rings is 1. The fourth-order valence-electron chi connectivity index (χ4n) is 1.07. The maximum atomic E-state index is 11.2. The van der Waals surface area contributed by atoms with Crippen LogP contribution in [-0.4, -0.2) is 29.9 Å². The van der Waals surface area contributed by atoms with E-state index >= 15 is 0 Å². The van der Waals surface area contributed by atoms with Gasteiger partial charge in [0, 0.05) is 6.54 Å². The summed E-state index contributed by atoms with van der Waals surface area (Å²) in [6, 6.07) is 9.21. The standard InChI is InChI=1S/C12H13NO3/c14-9-8-13-12(16)11(15)7-6-10-4-2-1-3-5-10/h1-7,14H,8-9H2,(H,13,16)/b7-6+. The Hall–Kier alpha value is -1.94. The van der Waals surface area contributed by atoms with Crippen molar-refractivity contribution in [2.75, 3.05) is 13.2 Å². The second-order valence-electron chi connectivity index (χ2n) is 3.09. The van der Waals surface area contributed by atoms with Crippen molar-refractivity contribution in [1.82, 2.24) is 5.32 Å². The molecule has 0 unspecified atom stereocenters. The average Bonchev–Trinajstić information content (AvgIpc) is 2.34. The lowest BCUT2D eigenvalue weighted by Crippen LogP contribution is -2.31. The first-order chi connectivity index (χ1) is 7.74. The highest BCUT2D eigenvalue weighted by atomic mass is 16.3. The molecule has 0 aliphatic heterocycles. The molecule has 1 aromatic rings. The molecule has 1 aromatic carbocycles. The van der Waals surface area contributed by atoms with Gasteiger partial charge in [0.15, 0.2) is 0 Å². The summed E-state index contributed by atoms with van der Waals surface area (Å²) >= 11 is 0. The van der Waals surface area contributed by atoms with Crippen molar-refractivity contribution in [3.05, 3.63) is 42.0 Å². The molecule has 0 fully saturated rings. The molecule has 0 heterocycles. The van der Waals surface area contributed by atoms with E-state index in [0.29, 0.717) is 0 Å². The van der Waals surface area contributed by atoms with Gasteiger partial charge in [0.2, 0.25) is 5.78 Å². The molecule has 2 N–H and O–H groups in total. The molecule has 0 aromatic heterocycles. The van der Waals surface area contributed by atoms with Crippen LogP contribution in [0.1, 0.15) is 5.56 Å². The van der Waals surface area contributed by atoms with Crippen molar-refractivity contribution in [2.24, 2.45) is 0 Å². The summed E-state index contributed by atoms with van der Waals surface area (Å²) in [6.07, 6.45) is 2.78. The fourth-order valence-corrected chi connectivity index (χ4v) is 1.07. The minimum absolute atomic E-state index is 0.0871. The van der Waals surface area contributed by atoms with E-state index in [2.05, 4.69) is 5.32 Å². The number of carbonyl (C=O) groups is 2. The highest BCUT2D eigenvalue weighted by Crippen LogP contribution is 2.00. The van der Waals surface area contributed by atoms with Gasteiger partial charge in [-0.25, -0.2) is 0 Å². The molecule has 0 spiro atoms. The number of ketones is 1. The summed E-state index contributed by atoms with van der Waals surface area (Å²) < 4.78 is 0. The average molecular weight is 219 g/mol. The van der Waals surface area contributed by atoms with Crippen LogP contribution in [0.3, 0.4) is 0 Å². The quantitative estimate of drug-likeness (QED) is 0.555. The maximum Gasteiger partial charge on any atom is 0.291 e. The Kier molecular flexibility index (Phi) is 4.95. The summed E-state index contributed by atoms with van der Waals surface area (Å²) in [6.45, 7) is -0.0921. The van der Waals surface area contributed by atoms with Gasteiger partial charge in [-0.05, 0) is 11.6 Å². The predicted molar refractivity (Wildman–Crippen MR) is 60.6 cm³/mol. The smallest absolute Gasteiger partial charge is 0.291 e. The van der Waals surface area contributed by atoms with Gasteiger partial charge in [-0.1, -0.05) is 36.4 Å². The zero-order chi connectivity index (χ0) is 11.8. The van der Waals surface area contributed by atoms with Crippen molar-refractivity contribution in [2.45, 2.75) is 0 Å². The molecule has 0 radical (unpaired) electrons. The summed E-state index contributed by atoms with van der Waals surface area (Å²) in [4.78, 5) is 22.3. The lowest BCUT2D eigenvalue weighted by molar-refractivity contribution is -0.135. The van der Waals surface area contributed by atoms with Crippen LogP contribution in [0.5, 0.6) is 0 Å².